The van der Waals surface area contributed by atoms with Crippen LogP contribution in [0.5, 0.6) is 0 Å². The largest absolute Gasteiger partial charge is 0.357 e. The predicted molar refractivity (Wildman–Crippen MR) is 133 cm³/mol. The zero-order valence-electron chi connectivity index (χ0n) is 19.4. The molecule has 2 amide bonds. The van der Waals surface area contributed by atoms with Crippen LogP contribution >= 0.6 is 23.2 Å². The Morgan fingerprint density at radius 2 is 1.67 bits per heavy atom. The fourth-order valence-electron chi connectivity index (χ4n) is 3.70. The van der Waals surface area contributed by atoms with Gasteiger partial charge in [0.2, 0.25) is 21.8 Å². The van der Waals surface area contributed by atoms with Gasteiger partial charge in [0.15, 0.2) is 0 Å². The molecule has 0 saturated carbocycles. The number of carbonyl (C=O) groups is 2. The van der Waals surface area contributed by atoms with Gasteiger partial charge in [-0.25, -0.2) is 8.42 Å². The second-order valence-corrected chi connectivity index (χ2v) is 10.5. The van der Waals surface area contributed by atoms with Gasteiger partial charge in [-0.15, -0.1) is 0 Å². The first-order valence-corrected chi connectivity index (χ1v) is 13.0. The van der Waals surface area contributed by atoms with Crippen LogP contribution in [0.4, 0.5) is 5.69 Å². The molecule has 1 N–H and O–H groups in total. The first-order chi connectivity index (χ1) is 15.4. The number of aryl methyl sites for hydroxylation is 2. The summed E-state index contributed by atoms with van der Waals surface area (Å²) >= 11 is 12.1. The lowest BCUT2D eigenvalue weighted by Gasteiger charge is -2.33. The van der Waals surface area contributed by atoms with Crippen LogP contribution in [-0.2, 0) is 26.2 Å². The van der Waals surface area contributed by atoms with Crippen LogP contribution in [0, 0.1) is 13.8 Å². The van der Waals surface area contributed by atoms with Gasteiger partial charge in [0, 0.05) is 13.6 Å². The molecule has 0 aliphatic heterocycles. The lowest BCUT2D eigenvalue weighted by molar-refractivity contribution is -0.140. The van der Waals surface area contributed by atoms with E-state index >= 15 is 0 Å². The highest BCUT2D eigenvalue weighted by molar-refractivity contribution is 7.92. The van der Waals surface area contributed by atoms with Crippen molar-refractivity contribution in [3.05, 3.63) is 63.1 Å². The summed E-state index contributed by atoms with van der Waals surface area (Å²) in [7, 11) is -2.30. The molecule has 0 heterocycles. The van der Waals surface area contributed by atoms with Crippen LogP contribution in [0.1, 0.15) is 30.0 Å². The Hall–Kier alpha value is -2.29. The molecule has 0 fully saturated rings. The number of amides is 2. The molecule has 0 aliphatic rings. The van der Waals surface area contributed by atoms with Crippen molar-refractivity contribution in [3.63, 3.8) is 0 Å². The minimum Gasteiger partial charge on any atom is -0.357 e. The van der Waals surface area contributed by atoms with Crippen molar-refractivity contribution >= 4 is 50.7 Å². The van der Waals surface area contributed by atoms with E-state index in [4.69, 9.17) is 23.2 Å². The van der Waals surface area contributed by atoms with Gasteiger partial charge in [-0.05, 0) is 49.1 Å². The highest BCUT2D eigenvalue weighted by Gasteiger charge is 2.32. The number of nitrogens with zero attached hydrogens (tertiary/aromatic N) is 2. The highest BCUT2D eigenvalue weighted by Crippen LogP contribution is 2.28. The van der Waals surface area contributed by atoms with E-state index < -0.39 is 28.5 Å². The van der Waals surface area contributed by atoms with Crippen LogP contribution in [0.3, 0.4) is 0 Å². The average Bonchev–Trinajstić information content (AvgIpc) is 2.74. The second kappa shape index (κ2) is 11.2. The van der Waals surface area contributed by atoms with E-state index in [1.807, 2.05) is 6.07 Å². The predicted octanol–water partition coefficient (Wildman–Crippen LogP) is 3.93. The van der Waals surface area contributed by atoms with E-state index in [-0.39, 0.29) is 12.5 Å². The Balaban J connectivity index is 2.51. The Kier molecular flexibility index (Phi) is 9.17. The maximum absolute atomic E-state index is 13.6. The van der Waals surface area contributed by atoms with Gasteiger partial charge in [0.1, 0.15) is 12.6 Å². The number of carbonyl (C=O) groups excluding carboxylic acids is 2. The molecule has 1 atom stereocenters. The molecule has 180 valence electrons. The van der Waals surface area contributed by atoms with Crippen LogP contribution in [0.15, 0.2) is 36.4 Å². The molecule has 0 bridgehead atoms. The van der Waals surface area contributed by atoms with Crippen molar-refractivity contribution in [2.75, 3.05) is 24.2 Å². The Morgan fingerprint density at radius 3 is 2.15 bits per heavy atom. The molecule has 0 aliphatic carbocycles. The molecule has 0 aromatic heterocycles. The lowest BCUT2D eigenvalue weighted by atomic mass is 10.1. The average molecular weight is 514 g/mol. The third-order valence-corrected chi connectivity index (χ3v) is 7.19. The van der Waals surface area contributed by atoms with Crippen LogP contribution in [0.25, 0.3) is 0 Å². The maximum Gasteiger partial charge on any atom is 0.244 e. The van der Waals surface area contributed by atoms with E-state index in [1.54, 1.807) is 51.1 Å². The Bertz CT molecular complexity index is 1120. The van der Waals surface area contributed by atoms with Crippen molar-refractivity contribution in [3.8, 4) is 0 Å². The van der Waals surface area contributed by atoms with E-state index in [2.05, 4.69) is 5.32 Å². The monoisotopic (exact) mass is 513 g/mol. The van der Waals surface area contributed by atoms with Crippen molar-refractivity contribution < 1.29 is 18.0 Å². The number of nitrogens with one attached hydrogen (secondary N) is 1. The maximum atomic E-state index is 13.6. The van der Waals surface area contributed by atoms with Gasteiger partial charge in [-0.3, -0.25) is 13.9 Å². The molecular weight excluding hydrogens is 485 g/mol. The minimum absolute atomic E-state index is 0.0615. The number of anilines is 1. The van der Waals surface area contributed by atoms with E-state index in [0.717, 1.165) is 21.7 Å². The van der Waals surface area contributed by atoms with Crippen molar-refractivity contribution in [2.45, 2.75) is 39.8 Å². The van der Waals surface area contributed by atoms with Gasteiger partial charge < -0.3 is 10.2 Å². The first-order valence-electron chi connectivity index (χ1n) is 10.4. The SMILES string of the molecule is CCC(C(=O)NC)N(Cc1ccc(Cl)c(Cl)c1)C(=O)CN(c1c(C)cccc1C)S(C)(=O)=O. The fraction of sp³-hybridized carbons (Fsp3) is 0.391. The third-order valence-electron chi connectivity index (χ3n) is 5.34. The summed E-state index contributed by atoms with van der Waals surface area (Å²) < 4.78 is 26.5. The summed E-state index contributed by atoms with van der Waals surface area (Å²) in [5.74, 6) is -0.853. The molecule has 0 saturated heterocycles. The zero-order chi connectivity index (χ0) is 24.9. The smallest absolute Gasteiger partial charge is 0.244 e. The third kappa shape index (κ3) is 6.62. The summed E-state index contributed by atoms with van der Waals surface area (Å²) in [5, 5.41) is 3.27. The molecule has 10 heteroatoms. The molecule has 2 aromatic rings. The van der Waals surface area contributed by atoms with Crippen LogP contribution < -0.4 is 9.62 Å². The van der Waals surface area contributed by atoms with E-state index in [0.29, 0.717) is 27.7 Å². The molecule has 33 heavy (non-hydrogen) atoms. The number of hydrogen-bond donors (Lipinski definition) is 1. The molecular formula is C23H29Cl2N3O4S. The number of rotatable bonds is 9. The number of hydrogen-bond acceptors (Lipinski definition) is 4. The lowest BCUT2D eigenvalue weighted by Crippen LogP contribution is -2.51. The minimum atomic E-state index is -3.79. The van der Waals surface area contributed by atoms with Crippen LogP contribution in [0.2, 0.25) is 10.0 Å². The molecule has 2 aromatic carbocycles. The number of sulfonamides is 1. The summed E-state index contributed by atoms with van der Waals surface area (Å²) in [6.07, 6.45) is 1.40. The van der Waals surface area contributed by atoms with Crippen molar-refractivity contribution in [2.24, 2.45) is 0 Å². The topological polar surface area (TPSA) is 86.8 Å². The standard InChI is InChI=1S/C23H29Cl2N3O4S/c1-6-20(23(30)26-4)27(13-17-10-11-18(24)19(25)12-17)21(29)14-28(33(5,31)32)22-15(2)8-7-9-16(22)3/h7-12,20H,6,13-14H2,1-5H3,(H,26,30). The van der Waals surface area contributed by atoms with E-state index in [1.165, 1.54) is 11.9 Å². The fourth-order valence-corrected chi connectivity index (χ4v) is 4.98. The molecule has 0 spiro atoms. The zero-order valence-corrected chi connectivity index (χ0v) is 21.7. The normalized spacial score (nSPS) is 12.2. The number of para-hydroxylation sites is 1. The van der Waals surface area contributed by atoms with Gasteiger partial charge in [0.25, 0.3) is 0 Å². The van der Waals surface area contributed by atoms with Crippen LogP contribution in [-0.4, -0.2) is 51.0 Å². The highest BCUT2D eigenvalue weighted by atomic mass is 35.5. The van der Waals surface area contributed by atoms with Crippen molar-refractivity contribution in [1.29, 1.82) is 0 Å². The summed E-state index contributed by atoms with van der Waals surface area (Å²) in [6, 6.07) is 9.56. The Morgan fingerprint density at radius 1 is 1.06 bits per heavy atom. The summed E-state index contributed by atoms with van der Waals surface area (Å²) in [5.41, 5.74) is 2.57. The van der Waals surface area contributed by atoms with Crippen molar-refractivity contribution in [1.82, 2.24) is 10.2 Å². The first kappa shape index (κ1) is 27.0. The number of benzene rings is 2. The van der Waals surface area contributed by atoms with Gasteiger partial charge in [-0.1, -0.05) is 54.4 Å². The molecule has 7 nitrogen and oxygen atoms in total. The Labute approximate surface area is 205 Å². The van der Waals surface area contributed by atoms with E-state index in [9.17, 15) is 18.0 Å². The molecule has 2 rings (SSSR count). The quantitative estimate of drug-likeness (QED) is 0.550. The summed E-state index contributed by atoms with van der Waals surface area (Å²) in [4.78, 5) is 27.5. The molecule has 1 unspecified atom stereocenters. The molecule has 0 radical (unpaired) electrons. The number of likely N-dealkylation sites (N-methyl/N-ethyl adjacent to an activating group) is 1. The van der Waals surface area contributed by atoms with Gasteiger partial charge >= 0.3 is 0 Å². The number of halogens is 2. The van der Waals surface area contributed by atoms with Gasteiger partial charge in [0.05, 0.1) is 22.0 Å². The second-order valence-electron chi connectivity index (χ2n) is 7.82. The van der Waals surface area contributed by atoms with Gasteiger partial charge in [-0.2, -0.15) is 0 Å². The summed E-state index contributed by atoms with van der Waals surface area (Å²) in [6.45, 7) is 4.98.